The van der Waals surface area contributed by atoms with Crippen LogP contribution >= 0.6 is 15.9 Å². The highest BCUT2D eigenvalue weighted by molar-refractivity contribution is 9.10. The first-order chi connectivity index (χ1) is 10.0. The summed E-state index contributed by atoms with van der Waals surface area (Å²) in [4.78, 5) is 13.9. The Morgan fingerprint density at radius 1 is 1.14 bits per heavy atom. The van der Waals surface area contributed by atoms with Crippen molar-refractivity contribution in [2.24, 2.45) is 0 Å². The molecular weight excluding hydrogens is 330 g/mol. The minimum atomic E-state index is -0.217. The normalized spacial score (nSPS) is 10.0. The van der Waals surface area contributed by atoms with Gasteiger partial charge in [-0.2, -0.15) is 0 Å². The Morgan fingerprint density at radius 2 is 1.90 bits per heavy atom. The molecule has 0 bridgehead atoms. The second-order valence-corrected chi connectivity index (χ2v) is 5.80. The van der Waals surface area contributed by atoms with Gasteiger partial charge in [-0.1, -0.05) is 34.1 Å². The smallest absolute Gasteiger partial charge is 0.319 e. The highest BCUT2D eigenvalue weighted by Gasteiger charge is 2.03. The van der Waals surface area contributed by atoms with Crippen LogP contribution in [0.3, 0.4) is 0 Å². The molecule has 2 aromatic rings. The van der Waals surface area contributed by atoms with Gasteiger partial charge in [0.25, 0.3) is 0 Å². The minimum absolute atomic E-state index is 0.217. The first-order valence-electron chi connectivity index (χ1n) is 6.61. The van der Waals surface area contributed by atoms with Crippen molar-refractivity contribution in [1.82, 2.24) is 5.32 Å². The number of hydrogen-bond acceptors (Lipinski definition) is 2. The molecular formula is C16H18BrN3O. The Kier molecular flexibility index (Phi) is 5.22. The van der Waals surface area contributed by atoms with Gasteiger partial charge >= 0.3 is 6.03 Å². The fourth-order valence-corrected chi connectivity index (χ4v) is 2.31. The molecule has 0 aliphatic rings. The summed E-state index contributed by atoms with van der Waals surface area (Å²) in [7, 11) is 3.93. The fraction of sp³-hybridized carbons (Fsp3) is 0.188. The van der Waals surface area contributed by atoms with E-state index >= 15 is 0 Å². The van der Waals surface area contributed by atoms with Gasteiger partial charge in [0.1, 0.15) is 0 Å². The van der Waals surface area contributed by atoms with E-state index in [2.05, 4.69) is 26.6 Å². The second-order valence-electron chi connectivity index (χ2n) is 4.88. The minimum Gasteiger partial charge on any atom is -0.378 e. The van der Waals surface area contributed by atoms with Gasteiger partial charge < -0.3 is 15.5 Å². The number of urea groups is 1. The van der Waals surface area contributed by atoms with Crippen LogP contribution in [0.1, 0.15) is 5.56 Å². The average molecular weight is 348 g/mol. The Balaban J connectivity index is 1.91. The zero-order valence-electron chi connectivity index (χ0n) is 12.1. The maximum Gasteiger partial charge on any atom is 0.319 e. The average Bonchev–Trinajstić information content (AvgIpc) is 2.45. The Bertz CT molecular complexity index is 628. The van der Waals surface area contributed by atoms with Crippen LogP contribution in [0.4, 0.5) is 16.2 Å². The number of carbonyl (C=O) groups excluding carboxylic acids is 1. The Morgan fingerprint density at radius 3 is 2.62 bits per heavy atom. The predicted molar refractivity (Wildman–Crippen MR) is 90.8 cm³/mol. The maximum absolute atomic E-state index is 11.9. The molecule has 0 spiro atoms. The lowest BCUT2D eigenvalue weighted by Crippen LogP contribution is -2.28. The topological polar surface area (TPSA) is 44.4 Å². The lowest BCUT2D eigenvalue weighted by atomic mass is 10.2. The molecule has 0 atom stereocenters. The van der Waals surface area contributed by atoms with Gasteiger partial charge in [-0.15, -0.1) is 0 Å². The zero-order valence-corrected chi connectivity index (χ0v) is 13.6. The number of nitrogens with zero attached hydrogens (tertiary/aromatic N) is 1. The molecule has 2 aromatic carbocycles. The summed E-state index contributed by atoms with van der Waals surface area (Å²) in [5.74, 6) is 0. The largest absolute Gasteiger partial charge is 0.378 e. The van der Waals surface area contributed by atoms with Crippen LogP contribution in [0.2, 0.25) is 0 Å². The second kappa shape index (κ2) is 7.13. The van der Waals surface area contributed by atoms with E-state index in [0.717, 1.165) is 21.4 Å². The molecule has 4 nitrogen and oxygen atoms in total. The molecule has 0 aliphatic heterocycles. The number of nitrogens with one attached hydrogen (secondary N) is 2. The van der Waals surface area contributed by atoms with E-state index < -0.39 is 0 Å². The van der Waals surface area contributed by atoms with Crippen LogP contribution in [0.5, 0.6) is 0 Å². The molecule has 0 unspecified atom stereocenters. The van der Waals surface area contributed by atoms with E-state index in [1.807, 2.05) is 67.5 Å². The fourth-order valence-electron chi connectivity index (χ4n) is 1.87. The van der Waals surface area contributed by atoms with Crippen molar-refractivity contribution < 1.29 is 4.79 Å². The van der Waals surface area contributed by atoms with Crippen LogP contribution < -0.4 is 15.5 Å². The molecule has 2 N–H and O–H groups in total. The molecule has 0 aliphatic carbocycles. The van der Waals surface area contributed by atoms with Gasteiger partial charge in [-0.05, 0) is 35.9 Å². The number of carbonyl (C=O) groups is 1. The summed E-state index contributed by atoms with van der Waals surface area (Å²) in [5.41, 5.74) is 2.86. The van der Waals surface area contributed by atoms with Crippen LogP contribution in [-0.2, 0) is 6.54 Å². The number of amides is 2. The van der Waals surface area contributed by atoms with Crippen LogP contribution in [0, 0.1) is 0 Å². The van der Waals surface area contributed by atoms with Crippen molar-refractivity contribution in [3.05, 3.63) is 58.6 Å². The Labute approximate surface area is 133 Å². The monoisotopic (exact) mass is 347 g/mol. The molecule has 5 heteroatoms. The standard InChI is InChI=1S/C16H18BrN3O/c1-20(2)15-8-4-7-14(10-15)19-16(21)18-11-12-5-3-6-13(17)9-12/h3-10H,11H2,1-2H3,(H2,18,19,21). The van der Waals surface area contributed by atoms with Crippen LogP contribution in [0.15, 0.2) is 53.0 Å². The van der Waals surface area contributed by atoms with Crippen LogP contribution in [0.25, 0.3) is 0 Å². The molecule has 2 rings (SSSR count). The van der Waals surface area contributed by atoms with E-state index in [9.17, 15) is 4.79 Å². The number of halogens is 1. The first-order valence-corrected chi connectivity index (χ1v) is 7.40. The molecule has 110 valence electrons. The first kappa shape index (κ1) is 15.4. The van der Waals surface area contributed by atoms with E-state index in [1.54, 1.807) is 0 Å². The van der Waals surface area contributed by atoms with Crippen molar-refractivity contribution in [3.63, 3.8) is 0 Å². The number of anilines is 2. The van der Waals surface area contributed by atoms with Crippen molar-refractivity contribution in [2.45, 2.75) is 6.54 Å². The lowest BCUT2D eigenvalue weighted by Gasteiger charge is -2.14. The summed E-state index contributed by atoms with van der Waals surface area (Å²) in [6.07, 6.45) is 0. The van der Waals surface area contributed by atoms with Crippen molar-refractivity contribution in [1.29, 1.82) is 0 Å². The van der Waals surface area contributed by atoms with E-state index in [-0.39, 0.29) is 6.03 Å². The number of rotatable bonds is 4. The Hall–Kier alpha value is -2.01. The van der Waals surface area contributed by atoms with E-state index in [0.29, 0.717) is 6.54 Å². The predicted octanol–water partition coefficient (Wildman–Crippen LogP) is 3.84. The number of benzene rings is 2. The summed E-state index contributed by atoms with van der Waals surface area (Å²) in [6, 6.07) is 15.3. The molecule has 21 heavy (non-hydrogen) atoms. The van der Waals surface area contributed by atoms with Gasteiger partial charge in [0.05, 0.1) is 0 Å². The van der Waals surface area contributed by atoms with E-state index in [4.69, 9.17) is 0 Å². The van der Waals surface area contributed by atoms with Crippen molar-refractivity contribution >= 4 is 33.3 Å². The molecule has 0 saturated heterocycles. The summed E-state index contributed by atoms with van der Waals surface area (Å²) in [6.45, 7) is 0.485. The quantitative estimate of drug-likeness (QED) is 0.882. The molecule has 0 aromatic heterocycles. The van der Waals surface area contributed by atoms with Crippen LogP contribution in [-0.4, -0.2) is 20.1 Å². The van der Waals surface area contributed by atoms with Crippen molar-refractivity contribution in [2.75, 3.05) is 24.3 Å². The van der Waals surface area contributed by atoms with Gasteiger partial charge in [-0.3, -0.25) is 0 Å². The van der Waals surface area contributed by atoms with E-state index in [1.165, 1.54) is 0 Å². The zero-order chi connectivity index (χ0) is 15.2. The lowest BCUT2D eigenvalue weighted by molar-refractivity contribution is 0.251. The summed E-state index contributed by atoms with van der Waals surface area (Å²) >= 11 is 3.41. The SMILES string of the molecule is CN(C)c1cccc(NC(=O)NCc2cccc(Br)c2)c1. The molecule has 0 heterocycles. The molecule has 0 fully saturated rings. The van der Waals surface area contributed by atoms with Gasteiger partial charge in [-0.25, -0.2) is 4.79 Å². The third-order valence-corrected chi connectivity index (χ3v) is 3.46. The number of hydrogen-bond donors (Lipinski definition) is 2. The third kappa shape index (κ3) is 4.79. The maximum atomic E-state index is 11.9. The van der Waals surface area contributed by atoms with Gasteiger partial charge in [0, 0.05) is 36.5 Å². The molecule has 0 saturated carbocycles. The summed E-state index contributed by atoms with van der Waals surface area (Å²) in [5, 5.41) is 5.67. The molecule has 2 amide bonds. The highest BCUT2D eigenvalue weighted by atomic mass is 79.9. The highest BCUT2D eigenvalue weighted by Crippen LogP contribution is 2.17. The molecule has 0 radical (unpaired) electrons. The third-order valence-electron chi connectivity index (χ3n) is 2.96. The van der Waals surface area contributed by atoms with Gasteiger partial charge in [0.15, 0.2) is 0 Å². The summed E-state index contributed by atoms with van der Waals surface area (Å²) < 4.78 is 1.00. The van der Waals surface area contributed by atoms with Gasteiger partial charge in [0.2, 0.25) is 0 Å². The van der Waals surface area contributed by atoms with Crippen molar-refractivity contribution in [3.8, 4) is 0 Å².